The summed E-state index contributed by atoms with van der Waals surface area (Å²) in [6, 6.07) is 25.5. The van der Waals surface area contributed by atoms with E-state index in [-0.39, 0.29) is 5.91 Å². The predicted molar refractivity (Wildman–Crippen MR) is 104 cm³/mol. The van der Waals surface area contributed by atoms with Crippen molar-refractivity contribution in [2.24, 2.45) is 0 Å². The SMILES string of the molecule is COc1ccc(C2(/C=C/c3ccccc3)C(=O)Nc3ccccc32)cc1. The molecule has 0 saturated heterocycles. The third-order valence-electron chi connectivity index (χ3n) is 4.83. The molecular weight excluding hydrogens is 322 g/mol. The maximum atomic E-state index is 13.1. The third kappa shape index (κ3) is 2.58. The topological polar surface area (TPSA) is 38.3 Å². The number of methoxy groups -OCH3 is 1. The van der Waals surface area contributed by atoms with E-state index in [4.69, 9.17) is 4.74 Å². The van der Waals surface area contributed by atoms with Crippen LogP contribution < -0.4 is 10.1 Å². The Morgan fingerprint density at radius 3 is 2.31 bits per heavy atom. The molecule has 0 aromatic heterocycles. The summed E-state index contributed by atoms with van der Waals surface area (Å²) in [5, 5.41) is 3.03. The smallest absolute Gasteiger partial charge is 0.243 e. The summed E-state index contributed by atoms with van der Waals surface area (Å²) < 4.78 is 5.27. The minimum Gasteiger partial charge on any atom is -0.497 e. The summed E-state index contributed by atoms with van der Waals surface area (Å²) in [6.07, 6.45) is 4.00. The Morgan fingerprint density at radius 1 is 0.885 bits per heavy atom. The van der Waals surface area contributed by atoms with Gasteiger partial charge in [0.15, 0.2) is 0 Å². The molecule has 3 aromatic carbocycles. The highest BCUT2D eigenvalue weighted by Gasteiger charge is 2.46. The molecule has 1 heterocycles. The Morgan fingerprint density at radius 2 is 1.58 bits per heavy atom. The van der Waals surface area contributed by atoms with E-state index in [0.717, 1.165) is 28.1 Å². The number of para-hydroxylation sites is 1. The van der Waals surface area contributed by atoms with Crippen molar-refractivity contribution in [2.45, 2.75) is 5.41 Å². The number of carbonyl (C=O) groups excluding carboxylic acids is 1. The largest absolute Gasteiger partial charge is 0.497 e. The van der Waals surface area contributed by atoms with Gasteiger partial charge in [-0.3, -0.25) is 4.79 Å². The Labute approximate surface area is 152 Å². The van der Waals surface area contributed by atoms with Gasteiger partial charge in [0.25, 0.3) is 0 Å². The van der Waals surface area contributed by atoms with Gasteiger partial charge in [-0.15, -0.1) is 0 Å². The van der Waals surface area contributed by atoms with E-state index in [1.807, 2.05) is 91.0 Å². The van der Waals surface area contributed by atoms with Crippen LogP contribution in [0.2, 0.25) is 0 Å². The monoisotopic (exact) mass is 341 g/mol. The second-order valence-electron chi connectivity index (χ2n) is 6.28. The van der Waals surface area contributed by atoms with Gasteiger partial charge < -0.3 is 10.1 Å². The minimum atomic E-state index is -0.862. The minimum absolute atomic E-state index is 0.0453. The Kier molecular flexibility index (Phi) is 4.05. The zero-order chi connectivity index (χ0) is 18.0. The highest BCUT2D eigenvalue weighted by molar-refractivity contribution is 6.10. The van der Waals surface area contributed by atoms with Crippen LogP contribution in [0.1, 0.15) is 16.7 Å². The molecular formula is C23H19NO2. The number of benzene rings is 3. The first-order valence-corrected chi connectivity index (χ1v) is 8.54. The van der Waals surface area contributed by atoms with Crippen LogP contribution in [0.5, 0.6) is 5.75 Å². The molecule has 0 radical (unpaired) electrons. The van der Waals surface area contributed by atoms with Crippen molar-refractivity contribution >= 4 is 17.7 Å². The molecule has 3 aromatic rings. The van der Waals surface area contributed by atoms with Crippen molar-refractivity contribution in [3.05, 3.63) is 102 Å². The number of ether oxygens (including phenoxy) is 1. The Bertz CT molecular complexity index is 961. The summed E-state index contributed by atoms with van der Waals surface area (Å²) in [4.78, 5) is 13.1. The van der Waals surface area contributed by atoms with Gasteiger partial charge in [0.1, 0.15) is 11.2 Å². The summed E-state index contributed by atoms with van der Waals surface area (Å²) in [5.74, 6) is 0.721. The van der Waals surface area contributed by atoms with E-state index in [2.05, 4.69) is 5.32 Å². The van der Waals surface area contributed by atoms with Crippen molar-refractivity contribution in [1.29, 1.82) is 0 Å². The van der Waals surface area contributed by atoms with Crippen LogP contribution in [0.4, 0.5) is 5.69 Å². The average Bonchev–Trinajstić information content (AvgIpc) is 2.99. The molecule has 26 heavy (non-hydrogen) atoms. The molecule has 3 nitrogen and oxygen atoms in total. The second kappa shape index (κ2) is 6.52. The molecule has 1 unspecified atom stereocenters. The first-order chi connectivity index (χ1) is 12.7. The van der Waals surface area contributed by atoms with Gasteiger partial charge in [0, 0.05) is 5.69 Å². The van der Waals surface area contributed by atoms with Crippen LogP contribution in [-0.4, -0.2) is 13.0 Å². The zero-order valence-corrected chi connectivity index (χ0v) is 14.5. The van der Waals surface area contributed by atoms with Crippen LogP contribution in [0.3, 0.4) is 0 Å². The number of nitrogens with one attached hydrogen (secondary N) is 1. The third-order valence-corrected chi connectivity index (χ3v) is 4.83. The maximum absolute atomic E-state index is 13.1. The van der Waals surface area contributed by atoms with E-state index >= 15 is 0 Å². The fraction of sp³-hybridized carbons (Fsp3) is 0.0870. The second-order valence-corrected chi connectivity index (χ2v) is 6.28. The molecule has 0 fully saturated rings. The average molecular weight is 341 g/mol. The maximum Gasteiger partial charge on any atom is 0.243 e. The molecule has 1 aliphatic rings. The number of hydrogen-bond acceptors (Lipinski definition) is 2. The number of anilines is 1. The lowest BCUT2D eigenvalue weighted by Gasteiger charge is -2.25. The lowest BCUT2D eigenvalue weighted by atomic mass is 9.75. The van der Waals surface area contributed by atoms with E-state index in [0.29, 0.717) is 0 Å². The van der Waals surface area contributed by atoms with Crippen molar-refractivity contribution in [1.82, 2.24) is 0 Å². The molecule has 4 rings (SSSR count). The van der Waals surface area contributed by atoms with E-state index in [1.54, 1.807) is 7.11 Å². The number of amides is 1. The van der Waals surface area contributed by atoms with Crippen LogP contribution in [0.25, 0.3) is 6.08 Å². The summed E-state index contributed by atoms with van der Waals surface area (Å²) >= 11 is 0. The van der Waals surface area contributed by atoms with Crippen LogP contribution in [-0.2, 0) is 10.2 Å². The lowest BCUT2D eigenvalue weighted by molar-refractivity contribution is -0.118. The Balaban J connectivity index is 1.89. The van der Waals surface area contributed by atoms with Crippen LogP contribution in [0, 0.1) is 0 Å². The predicted octanol–water partition coefficient (Wildman–Crippen LogP) is 4.65. The number of rotatable bonds is 4. The van der Waals surface area contributed by atoms with Gasteiger partial charge in [-0.2, -0.15) is 0 Å². The number of fused-ring (bicyclic) bond motifs is 1. The van der Waals surface area contributed by atoms with Crippen molar-refractivity contribution in [3.63, 3.8) is 0 Å². The van der Waals surface area contributed by atoms with Crippen LogP contribution in [0.15, 0.2) is 84.9 Å². The van der Waals surface area contributed by atoms with E-state index in [1.165, 1.54) is 0 Å². The fourth-order valence-corrected chi connectivity index (χ4v) is 3.47. The zero-order valence-electron chi connectivity index (χ0n) is 14.5. The fourth-order valence-electron chi connectivity index (χ4n) is 3.47. The molecule has 0 aliphatic carbocycles. The number of hydrogen-bond donors (Lipinski definition) is 1. The molecule has 0 bridgehead atoms. The molecule has 1 aliphatic heterocycles. The summed E-state index contributed by atoms with van der Waals surface area (Å²) in [5.41, 5.74) is 2.91. The van der Waals surface area contributed by atoms with Crippen molar-refractivity contribution in [2.75, 3.05) is 12.4 Å². The van der Waals surface area contributed by atoms with Crippen LogP contribution >= 0.6 is 0 Å². The standard InChI is InChI=1S/C23H19NO2/c1-26-19-13-11-18(12-14-19)23(16-15-17-7-3-2-4-8-17)20-9-5-6-10-21(20)24-22(23)25/h2-16H,1H3,(H,24,25)/b16-15+. The van der Waals surface area contributed by atoms with E-state index < -0.39 is 5.41 Å². The van der Waals surface area contributed by atoms with E-state index in [9.17, 15) is 4.79 Å². The molecule has 1 atom stereocenters. The number of carbonyl (C=O) groups is 1. The highest BCUT2D eigenvalue weighted by atomic mass is 16.5. The Hall–Kier alpha value is -3.33. The van der Waals surface area contributed by atoms with Gasteiger partial charge in [-0.1, -0.05) is 72.8 Å². The quantitative estimate of drug-likeness (QED) is 0.750. The van der Waals surface area contributed by atoms with Crippen molar-refractivity contribution < 1.29 is 9.53 Å². The summed E-state index contributed by atoms with van der Waals surface area (Å²) in [6.45, 7) is 0. The van der Waals surface area contributed by atoms with Gasteiger partial charge in [0.2, 0.25) is 5.91 Å². The normalized spacial score (nSPS) is 18.6. The molecule has 1 amide bonds. The highest BCUT2D eigenvalue weighted by Crippen LogP contribution is 2.44. The summed E-state index contributed by atoms with van der Waals surface area (Å²) in [7, 11) is 1.64. The van der Waals surface area contributed by atoms with Gasteiger partial charge in [-0.05, 0) is 34.9 Å². The molecule has 1 N–H and O–H groups in total. The first-order valence-electron chi connectivity index (χ1n) is 8.54. The molecule has 128 valence electrons. The molecule has 3 heteroatoms. The lowest BCUT2D eigenvalue weighted by Crippen LogP contribution is -2.33. The van der Waals surface area contributed by atoms with Gasteiger partial charge in [-0.25, -0.2) is 0 Å². The van der Waals surface area contributed by atoms with Gasteiger partial charge >= 0.3 is 0 Å². The molecule has 0 spiro atoms. The molecule has 0 saturated carbocycles. The van der Waals surface area contributed by atoms with Crippen molar-refractivity contribution in [3.8, 4) is 5.75 Å². The first kappa shape index (κ1) is 16.2. The van der Waals surface area contributed by atoms with Gasteiger partial charge in [0.05, 0.1) is 7.11 Å².